The summed E-state index contributed by atoms with van der Waals surface area (Å²) in [5.74, 6) is 0. The zero-order chi connectivity index (χ0) is 84.4. The van der Waals surface area contributed by atoms with Crippen LogP contribution < -0.4 is 22.2 Å². The molecule has 28 rings (SSSR count). The Kier molecular flexibility index (Phi) is 18.9. The van der Waals surface area contributed by atoms with Crippen molar-refractivity contribution in [2.75, 3.05) is 0 Å². The third-order valence-electron chi connectivity index (χ3n) is 24.6. The van der Waals surface area contributed by atoms with Gasteiger partial charge in [0.25, 0.3) is 22.2 Å². The van der Waals surface area contributed by atoms with Crippen LogP contribution >= 0.6 is 0 Å². The van der Waals surface area contributed by atoms with Gasteiger partial charge in [0.2, 0.25) is 0 Å². The van der Waals surface area contributed by atoms with Gasteiger partial charge in [0.15, 0.2) is 0 Å². The summed E-state index contributed by atoms with van der Waals surface area (Å²) >= 11 is 0. The molecule has 12 nitrogen and oxygen atoms in total. The van der Waals surface area contributed by atoms with E-state index in [9.17, 15) is 19.2 Å². The van der Waals surface area contributed by atoms with Crippen molar-refractivity contribution in [1.29, 1.82) is 0 Å². The van der Waals surface area contributed by atoms with Crippen molar-refractivity contribution in [3.8, 4) is 44.5 Å². The average molecular weight is 1610 g/mol. The molecule has 600 valence electrons. The first-order valence-corrected chi connectivity index (χ1v) is 43.7. The van der Waals surface area contributed by atoms with Gasteiger partial charge in [-0.05, 0) is 185 Å². The topological polar surface area (TPSA) is 137 Å². The monoisotopic (exact) mass is 1610 g/mol. The van der Waals surface area contributed by atoms with E-state index in [-0.39, 0.29) is 22.2 Å². The Morgan fingerprint density at radius 3 is 0.976 bits per heavy atom. The summed E-state index contributed by atoms with van der Waals surface area (Å²) in [7, 11) is 0. The van der Waals surface area contributed by atoms with Crippen LogP contribution in [0.5, 0.6) is 0 Å². The summed E-state index contributed by atoms with van der Waals surface area (Å²) in [5.41, 5.74) is 30.6. The Morgan fingerprint density at radius 2 is 0.540 bits per heavy atom. The second-order valence-corrected chi connectivity index (χ2v) is 33.2. The number of fused-ring (bicyclic) bond motifs is 30. The molecule has 0 unspecified atom stereocenters. The fourth-order valence-electron chi connectivity index (χ4n) is 19.8. The average Bonchev–Trinajstić information content (AvgIpc) is 1.57. The summed E-state index contributed by atoms with van der Waals surface area (Å²) in [6.07, 6.45) is 8.62. The van der Waals surface area contributed by atoms with Crippen LogP contribution in [0.25, 0.3) is 197 Å². The number of imidazole rings is 4. The Morgan fingerprint density at radius 1 is 0.234 bits per heavy atom. The molecule has 0 radical (unpaired) electrons. The molecule has 4 aliphatic rings. The maximum Gasteiger partial charge on any atom is 0.264 e. The summed E-state index contributed by atoms with van der Waals surface area (Å²) in [6, 6.07) is 99.5. The molecule has 0 bridgehead atoms. The molecule has 0 amide bonds. The van der Waals surface area contributed by atoms with Crippen LogP contribution in [0.4, 0.5) is 0 Å². The smallest absolute Gasteiger partial charge is 0.264 e. The van der Waals surface area contributed by atoms with Gasteiger partial charge >= 0.3 is 0 Å². The van der Waals surface area contributed by atoms with Crippen LogP contribution in [0.3, 0.4) is 0 Å². The van der Waals surface area contributed by atoms with Crippen LogP contribution in [-0.2, 0) is 25.7 Å². The maximum atomic E-state index is 13.4. The largest absolute Gasteiger partial charge is 0.268 e. The van der Waals surface area contributed by atoms with Gasteiger partial charge in [-0.1, -0.05) is 312 Å². The van der Waals surface area contributed by atoms with E-state index in [1.807, 2.05) is 72.8 Å². The zero-order valence-corrected chi connectivity index (χ0v) is 70.6. The first-order chi connectivity index (χ1) is 60.9. The molecule has 0 N–H and O–H groups in total. The highest BCUT2D eigenvalue weighted by atomic mass is 16.1. The molecule has 0 saturated carbocycles. The van der Waals surface area contributed by atoms with Crippen LogP contribution in [0, 0.1) is 0 Å². The Balaban J connectivity index is 0.0000000971. The first-order valence-electron chi connectivity index (χ1n) is 43.7. The number of aromatic nitrogens is 8. The van der Waals surface area contributed by atoms with E-state index in [4.69, 9.17) is 19.9 Å². The highest BCUT2D eigenvalue weighted by Gasteiger charge is 2.30. The quantitative estimate of drug-likeness (QED) is 0.146. The van der Waals surface area contributed by atoms with Crippen molar-refractivity contribution in [2.24, 2.45) is 0 Å². The highest BCUT2D eigenvalue weighted by Crippen LogP contribution is 2.46. The van der Waals surface area contributed by atoms with Gasteiger partial charge in [-0.25, -0.2) is 19.9 Å². The number of pyridine rings is 4. The van der Waals surface area contributed by atoms with Crippen LogP contribution in [0.1, 0.15) is 126 Å². The second-order valence-electron chi connectivity index (χ2n) is 33.2. The molecule has 0 fully saturated rings. The molecule has 4 aliphatic carbocycles. The van der Waals surface area contributed by atoms with Crippen molar-refractivity contribution >= 4 is 153 Å². The summed E-state index contributed by atoms with van der Waals surface area (Å²) in [6.45, 7) is 17.0. The molecule has 8 aromatic heterocycles. The van der Waals surface area contributed by atoms with Gasteiger partial charge in [0.1, 0.15) is 22.6 Å². The lowest BCUT2D eigenvalue weighted by molar-refractivity contribution is 1.09. The molecule has 24 aromatic rings. The fraction of sp³-hybridized carbons (Fsp3) is 0.143. The molecule has 0 saturated heterocycles. The number of nitrogens with zero attached hydrogens (tertiary/aromatic N) is 8. The van der Waals surface area contributed by atoms with E-state index in [1.54, 1.807) is 17.6 Å². The van der Waals surface area contributed by atoms with E-state index in [0.717, 1.165) is 179 Å². The van der Waals surface area contributed by atoms with E-state index >= 15 is 0 Å². The Labute approximate surface area is 714 Å². The highest BCUT2D eigenvalue weighted by molar-refractivity contribution is 6.20. The van der Waals surface area contributed by atoms with Crippen molar-refractivity contribution in [2.45, 2.75) is 107 Å². The van der Waals surface area contributed by atoms with Gasteiger partial charge < -0.3 is 0 Å². The minimum atomic E-state index is 0.00744. The third kappa shape index (κ3) is 11.8. The standard InChI is InChI=1S/4C25H14N2O.4C3H8/c28-25-19-10-4-7-14-6-3-9-18(23(14)19)24-26-21-13-20-16(12-22(21)27(24)25)11-15-5-1-2-8-17(15)20;28-25-19-10-4-7-14-6-3-9-18(23(14)19)24-26-21-12-16-11-15-5-1-2-8-17(15)20(16)13-22(21)27(24)25;28-25-19-10-4-7-14-6-3-9-18(21(14)19)24-26-23-20(27(24)25)12-11-16-13-15-5-1-2-8-17(15)22(16)23;28-25-19-10-4-7-14-6-3-9-18(22(14)19)24-26-23-20-13-15-5-1-2-8-16(15)17(20)11-12-21(23)27(24)25;4*1-3-2/h2*1-10,12-13H,11H2;2*1-12H,13H2;4*3H2,1-2H3. The predicted molar refractivity (Wildman–Crippen MR) is 517 cm³/mol. The molecule has 0 aliphatic heterocycles. The predicted octanol–water partition coefficient (Wildman–Crippen LogP) is 26.3. The molecular formula is C112H88N8O4. The second kappa shape index (κ2) is 30.7. The van der Waals surface area contributed by atoms with Crippen molar-refractivity contribution in [3.63, 3.8) is 0 Å². The van der Waals surface area contributed by atoms with Gasteiger partial charge in [-0.3, -0.25) is 36.8 Å². The summed E-state index contributed by atoms with van der Waals surface area (Å²) in [4.78, 5) is 73.6. The fourth-order valence-corrected chi connectivity index (χ4v) is 19.8. The number of hydrogen-bond donors (Lipinski definition) is 0. The van der Waals surface area contributed by atoms with Gasteiger partial charge in [0, 0.05) is 76.6 Å². The summed E-state index contributed by atoms with van der Waals surface area (Å²) < 4.78 is 7.20. The molecule has 8 heterocycles. The van der Waals surface area contributed by atoms with Crippen LogP contribution in [-0.4, -0.2) is 37.5 Å². The van der Waals surface area contributed by atoms with E-state index in [0.29, 0.717) is 0 Å². The minimum absolute atomic E-state index is 0.00744. The van der Waals surface area contributed by atoms with Crippen molar-refractivity contribution < 1.29 is 0 Å². The summed E-state index contributed by atoms with van der Waals surface area (Å²) in [5, 5.41) is 15.5. The molecular weight excluding hydrogens is 1520 g/mol. The lowest BCUT2D eigenvalue weighted by atomic mass is 10.0. The van der Waals surface area contributed by atoms with E-state index < -0.39 is 0 Å². The first kappa shape index (κ1) is 76.5. The number of benzene rings is 16. The molecule has 124 heavy (non-hydrogen) atoms. The van der Waals surface area contributed by atoms with Crippen molar-refractivity contribution in [1.82, 2.24) is 37.5 Å². The van der Waals surface area contributed by atoms with Gasteiger partial charge in [-0.2, -0.15) is 0 Å². The Bertz CT molecular complexity index is 8570. The van der Waals surface area contributed by atoms with Gasteiger partial charge in [-0.15, -0.1) is 0 Å². The number of hydrogen-bond acceptors (Lipinski definition) is 8. The molecule has 12 heteroatoms. The molecule has 16 aromatic carbocycles. The van der Waals surface area contributed by atoms with Crippen LogP contribution in [0.2, 0.25) is 0 Å². The lowest BCUT2D eigenvalue weighted by Gasteiger charge is -2.07. The third-order valence-corrected chi connectivity index (χ3v) is 24.6. The minimum Gasteiger partial charge on any atom is -0.268 e. The zero-order valence-electron chi connectivity index (χ0n) is 70.6. The van der Waals surface area contributed by atoms with E-state index in [2.05, 4.69) is 274 Å². The molecule has 0 atom stereocenters. The van der Waals surface area contributed by atoms with Crippen molar-refractivity contribution in [3.05, 3.63) is 377 Å². The van der Waals surface area contributed by atoms with E-state index in [1.165, 1.54) is 115 Å². The number of rotatable bonds is 0. The van der Waals surface area contributed by atoms with Gasteiger partial charge in [0.05, 0.1) is 44.1 Å². The maximum absolute atomic E-state index is 13.4. The lowest BCUT2D eigenvalue weighted by Crippen LogP contribution is -2.13. The normalized spacial score (nSPS) is 12.3. The SMILES string of the molecule is CCC.CCC.CCC.CCC.O=c1c2cccc3cccc(c32)c2nc3c4c(ccc3n12)-c1ccccc1C4.O=c1c2cccc3cccc(c32)c2nc3c4c(ccc3n12)Cc1ccccc1-4.O=c1c2cccc3cccc(c32)c2nc3cc4c(cc3n12)-c1ccccc1C4.O=c1c2cccc3cccc(c32)c2nc3cc4c(cc3n12)Cc1ccccc1-4. The molecule has 0 spiro atoms. The Hall–Kier alpha value is -14.9. The van der Waals surface area contributed by atoms with Crippen LogP contribution in [0.15, 0.2) is 310 Å².